The minimum absolute atomic E-state index is 0.243. The second-order valence-electron chi connectivity index (χ2n) is 10.4. The summed E-state index contributed by atoms with van der Waals surface area (Å²) in [4.78, 5) is 12.2. The van der Waals surface area contributed by atoms with E-state index in [-0.39, 0.29) is 5.75 Å². The lowest BCUT2D eigenvalue weighted by Gasteiger charge is -2.35. The number of benzene rings is 6. The Morgan fingerprint density at radius 2 is 1.18 bits per heavy atom. The number of fused-ring (bicyclic) bond motifs is 5. The standard InChI is InChI=1S/C37H26O3/c1-23(2)36(39)40-27-18-20-29-25(22-27)10-8-16-33(29)37(32-15-7-9-24-21-26(38)17-19-28(24)32)34-13-5-3-11-30(34)31-12-4-6-14-35(31)37/h3-22,38H,1H2,2H3. The summed E-state index contributed by atoms with van der Waals surface area (Å²) in [5.74, 6) is 0.289. The van der Waals surface area contributed by atoms with Gasteiger partial charge < -0.3 is 9.84 Å². The quantitative estimate of drug-likeness (QED) is 0.144. The molecule has 0 heterocycles. The number of esters is 1. The van der Waals surface area contributed by atoms with E-state index in [9.17, 15) is 9.90 Å². The molecule has 0 atom stereocenters. The van der Waals surface area contributed by atoms with E-state index in [1.165, 1.54) is 22.3 Å². The first-order valence-electron chi connectivity index (χ1n) is 13.3. The zero-order valence-electron chi connectivity index (χ0n) is 22.0. The Kier molecular flexibility index (Phi) is 5.36. The van der Waals surface area contributed by atoms with Crippen LogP contribution in [-0.2, 0) is 10.2 Å². The molecule has 0 saturated heterocycles. The van der Waals surface area contributed by atoms with Gasteiger partial charge in [-0.3, -0.25) is 0 Å². The molecule has 0 aromatic heterocycles. The van der Waals surface area contributed by atoms with Crippen molar-refractivity contribution in [1.29, 1.82) is 0 Å². The Labute approximate surface area is 232 Å². The van der Waals surface area contributed by atoms with Crippen molar-refractivity contribution in [2.24, 2.45) is 0 Å². The molecule has 7 rings (SSSR count). The van der Waals surface area contributed by atoms with E-state index in [0.717, 1.165) is 32.7 Å². The molecular formula is C37H26O3. The van der Waals surface area contributed by atoms with Gasteiger partial charge in [-0.1, -0.05) is 104 Å². The van der Waals surface area contributed by atoms with E-state index in [2.05, 4.69) is 85.4 Å². The number of rotatable bonds is 4. The Morgan fingerprint density at radius 1 is 0.650 bits per heavy atom. The number of phenols is 1. The number of ether oxygens (including phenoxy) is 1. The second-order valence-corrected chi connectivity index (χ2v) is 10.4. The third-order valence-electron chi connectivity index (χ3n) is 8.04. The molecule has 192 valence electrons. The molecule has 1 aliphatic rings. The van der Waals surface area contributed by atoms with E-state index < -0.39 is 11.4 Å². The van der Waals surface area contributed by atoms with Crippen LogP contribution in [0, 0.1) is 0 Å². The predicted molar refractivity (Wildman–Crippen MR) is 161 cm³/mol. The number of phenolic OH excluding ortho intramolecular Hbond substituents is 1. The number of carbonyl (C=O) groups is 1. The van der Waals surface area contributed by atoms with Crippen molar-refractivity contribution in [3.63, 3.8) is 0 Å². The van der Waals surface area contributed by atoms with Gasteiger partial charge in [-0.2, -0.15) is 0 Å². The zero-order valence-corrected chi connectivity index (χ0v) is 22.0. The van der Waals surface area contributed by atoms with Gasteiger partial charge in [0.15, 0.2) is 0 Å². The van der Waals surface area contributed by atoms with Gasteiger partial charge in [0.25, 0.3) is 0 Å². The minimum Gasteiger partial charge on any atom is -0.508 e. The van der Waals surface area contributed by atoms with Gasteiger partial charge in [0.2, 0.25) is 0 Å². The summed E-state index contributed by atoms with van der Waals surface area (Å²) < 4.78 is 5.58. The van der Waals surface area contributed by atoms with Gasteiger partial charge in [-0.15, -0.1) is 0 Å². The van der Waals surface area contributed by atoms with Crippen LogP contribution in [0.2, 0.25) is 0 Å². The van der Waals surface area contributed by atoms with Crippen molar-refractivity contribution in [1.82, 2.24) is 0 Å². The van der Waals surface area contributed by atoms with Gasteiger partial charge in [-0.05, 0) is 86.1 Å². The average molecular weight is 519 g/mol. The largest absolute Gasteiger partial charge is 0.508 e. The van der Waals surface area contributed by atoms with E-state index in [1.54, 1.807) is 13.0 Å². The van der Waals surface area contributed by atoms with Gasteiger partial charge in [0, 0.05) is 5.57 Å². The molecule has 0 fully saturated rings. The fraction of sp³-hybridized carbons (Fsp3) is 0.0541. The van der Waals surface area contributed by atoms with Crippen LogP contribution in [0.5, 0.6) is 11.5 Å². The van der Waals surface area contributed by atoms with E-state index in [0.29, 0.717) is 11.3 Å². The molecule has 0 bridgehead atoms. The van der Waals surface area contributed by atoms with Crippen molar-refractivity contribution >= 4 is 27.5 Å². The average Bonchev–Trinajstić information content (AvgIpc) is 3.27. The van der Waals surface area contributed by atoms with Crippen LogP contribution in [0.25, 0.3) is 32.7 Å². The summed E-state index contributed by atoms with van der Waals surface area (Å²) in [6, 6.07) is 41.4. The van der Waals surface area contributed by atoms with Crippen molar-refractivity contribution in [2.75, 3.05) is 0 Å². The molecule has 0 radical (unpaired) electrons. The Balaban J connectivity index is 1.61. The van der Waals surface area contributed by atoms with Gasteiger partial charge in [0.05, 0.1) is 5.41 Å². The van der Waals surface area contributed by atoms with E-state index in [1.807, 2.05) is 36.4 Å². The highest BCUT2D eigenvalue weighted by molar-refractivity contribution is 5.99. The third-order valence-corrected chi connectivity index (χ3v) is 8.04. The molecule has 1 aliphatic carbocycles. The van der Waals surface area contributed by atoms with Crippen LogP contribution in [-0.4, -0.2) is 11.1 Å². The molecular weight excluding hydrogens is 492 g/mol. The van der Waals surface area contributed by atoms with Crippen molar-refractivity contribution in [3.8, 4) is 22.6 Å². The molecule has 0 spiro atoms. The highest BCUT2D eigenvalue weighted by Gasteiger charge is 2.47. The summed E-state index contributed by atoms with van der Waals surface area (Å²) in [5, 5.41) is 14.4. The Morgan fingerprint density at radius 3 is 1.77 bits per heavy atom. The van der Waals surface area contributed by atoms with Crippen LogP contribution in [0.3, 0.4) is 0 Å². The lowest BCUT2D eigenvalue weighted by molar-refractivity contribution is -0.130. The first-order valence-corrected chi connectivity index (χ1v) is 13.3. The third kappa shape index (κ3) is 3.41. The SMILES string of the molecule is C=C(C)C(=O)Oc1ccc2c(C3(c4cccc5cc(O)ccc45)c4ccccc4-c4ccccc43)cccc2c1. The van der Waals surface area contributed by atoms with E-state index in [4.69, 9.17) is 4.74 Å². The molecule has 0 saturated carbocycles. The first-order chi connectivity index (χ1) is 19.5. The number of aromatic hydroxyl groups is 1. The van der Waals surface area contributed by atoms with Crippen molar-refractivity contribution in [2.45, 2.75) is 12.3 Å². The number of carbonyl (C=O) groups excluding carboxylic acids is 1. The summed E-state index contributed by atoms with van der Waals surface area (Å²) in [6.07, 6.45) is 0. The maximum atomic E-state index is 12.2. The monoisotopic (exact) mass is 518 g/mol. The lowest BCUT2D eigenvalue weighted by atomic mass is 9.65. The van der Waals surface area contributed by atoms with Crippen molar-refractivity contribution in [3.05, 3.63) is 156 Å². The molecule has 6 aromatic rings. The number of hydrogen-bond donors (Lipinski definition) is 1. The maximum Gasteiger partial charge on any atom is 0.338 e. The summed E-state index contributed by atoms with van der Waals surface area (Å²) in [6.45, 7) is 5.35. The van der Waals surface area contributed by atoms with Gasteiger partial charge >= 0.3 is 5.97 Å². The predicted octanol–water partition coefficient (Wildman–Crippen LogP) is 8.54. The summed E-state index contributed by atoms with van der Waals surface area (Å²) >= 11 is 0. The fourth-order valence-corrected chi connectivity index (χ4v) is 6.40. The number of hydrogen-bond acceptors (Lipinski definition) is 3. The summed E-state index contributed by atoms with van der Waals surface area (Å²) in [5.41, 5.74) is 6.85. The summed E-state index contributed by atoms with van der Waals surface area (Å²) in [7, 11) is 0. The zero-order chi connectivity index (χ0) is 27.4. The molecule has 40 heavy (non-hydrogen) atoms. The first kappa shape index (κ1) is 23.9. The van der Waals surface area contributed by atoms with Crippen LogP contribution in [0.15, 0.2) is 133 Å². The molecule has 3 nitrogen and oxygen atoms in total. The lowest BCUT2D eigenvalue weighted by Crippen LogP contribution is -2.29. The van der Waals surface area contributed by atoms with Gasteiger partial charge in [-0.25, -0.2) is 4.79 Å². The highest BCUT2D eigenvalue weighted by Crippen LogP contribution is 2.58. The second kappa shape index (κ2) is 8.96. The van der Waals surface area contributed by atoms with Gasteiger partial charge in [0.1, 0.15) is 11.5 Å². The minimum atomic E-state index is -0.626. The normalized spacial score (nSPS) is 13.1. The molecule has 1 N–H and O–H groups in total. The van der Waals surface area contributed by atoms with Crippen LogP contribution < -0.4 is 4.74 Å². The van der Waals surface area contributed by atoms with Crippen LogP contribution in [0.1, 0.15) is 29.2 Å². The topological polar surface area (TPSA) is 46.5 Å². The Bertz CT molecular complexity index is 1950. The molecule has 3 heteroatoms. The Hall–Kier alpha value is -5.15. The van der Waals surface area contributed by atoms with Crippen LogP contribution >= 0.6 is 0 Å². The molecule has 6 aromatic carbocycles. The molecule has 0 aliphatic heterocycles. The molecule has 0 amide bonds. The van der Waals surface area contributed by atoms with E-state index >= 15 is 0 Å². The fourth-order valence-electron chi connectivity index (χ4n) is 6.40. The molecule has 0 unspecified atom stereocenters. The smallest absolute Gasteiger partial charge is 0.338 e. The van der Waals surface area contributed by atoms with Crippen molar-refractivity contribution < 1.29 is 14.6 Å². The maximum absolute atomic E-state index is 12.2. The van der Waals surface area contributed by atoms with Crippen LogP contribution in [0.4, 0.5) is 0 Å². The highest BCUT2D eigenvalue weighted by atomic mass is 16.5.